The molecule has 0 atom stereocenters. The molecule has 0 saturated heterocycles. The number of aryl methyl sites for hydroxylation is 1. The molecule has 33 heavy (non-hydrogen) atoms. The Kier molecular flexibility index (Phi) is 10.5. The van der Waals surface area contributed by atoms with Crippen LogP contribution in [0.4, 0.5) is 0 Å². The summed E-state index contributed by atoms with van der Waals surface area (Å²) in [6.45, 7) is 8.49. The lowest BCUT2D eigenvalue weighted by atomic mass is 10.1. The van der Waals surface area contributed by atoms with Gasteiger partial charge in [-0.25, -0.2) is 0 Å². The Morgan fingerprint density at radius 3 is 2.45 bits per heavy atom. The van der Waals surface area contributed by atoms with E-state index < -0.39 is 0 Å². The van der Waals surface area contributed by atoms with Gasteiger partial charge in [-0.2, -0.15) is 0 Å². The fourth-order valence-corrected chi connectivity index (χ4v) is 4.14. The van der Waals surface area contributed by atoms with Gasteiger partial charge in [-0.1, -0.05) is 63.4 Å². The van der Waals surface area contributed by atoms with E-state index in [9.17, 15) is 0 Å². The van der Waals surface area contributed by atoms with Gasteiger partial charge in [0.25, 0.3) is 0 Å². The first-order valence-electron chi connectivity index (χ1n) is 12.6. The Balaban J connectivity index is 1.39. The quantitative estimate of drug-likeness (QED) is 0.233. The van der Waals surface area contributed by atoms with Gasteiger partial charge >= 0.3 is 0 Å². The number of methoxy groups -OCH3 is 1. The van der Waals surface area contributed by atoms with Crippen LogP contribution in [0.5, 0.6) is 11.5 Å². The molecular weight excluding hydrogens is 408 g/mol. The van der Waals surface area contributed by atoms with E-state index in [0.717, 1.165) is 73.6 Å². The zero-order valence-electron chi connectivity index (χ0n) is 20.7. The molecule has 178 valence electrons. The van der Waals surface area contributed by atoms with Crippen molar-refractivity contribution in [1.29, 1.82) is 0 Å². The smallest absolute Gasteiger partial charge is 0.130 e. The molecule has 0 amide bonds. The van der Waals surface area contributed by atoms with Crippen molar-refractivity contribution in [3.8, 4) is 11.5 Å². The number of benzene rings is 2. The van der Waals surface area contributed by atoms with Crippen LogP contribution in [0.3, 0.4) is 0 Å². The Bertz CT molecular complexity index is 958. The highest BCUT2D eigenvalue weighted by atomic mass is 16.5. The molecule has 3 rings (SSSR count). The average Bonchev–Trinajstić information content (AvgIpc) is 2.86. The molecule has 0 saturated carbocycles. The highest BCUT2D eigenvalue weighted by Gasteiger charge is 2.08. The molecule has 1 aromatic heterocycles. The standard InChI is InChI=1S/C29H40N2O2/c1-4-6-16-25-21-29(32-3)27-22-26(17-18-28(27)30-25)33-20-13-8-7-12-19-31(5-2)23-24-14-10-9-11-15-24/h9-11,14-15,17-18,21-22H,4-8,12-13,16,19-20,23H2,1-3H3. The highest BCUT2D eigenvalue weighted by molar-refractivity contribution is 5.86. The van der Waals surface area contributed by atoms with Crippen molar-refractivity contribution in [2.24, 2.45) is 0 Å². The predicted molar refractivity (Wildman–Crippen MR) is 138 cm³/mol. The third-order valence-electron chi connectivity index (χ3n) is 6.14. The third-order valence-corrected chi connectivity index (χ3v) is 6.14. The van der Waals surface area contributed by atoms with E-state index in [2.05, 4.69) is 67.3 Å². The number of unbranched alkanes of at least 4 members (excludes halogenated alkanes) is 4. The first-order chi connectivity index (χ1) is 16.2. The van der Waals surface area contributed by atoms with Gasteiger partial charge in [-0.3, -0.25) is 9.88 Å². The van der Waals surface area contributed by atoms with Crippen molar-refractivity contribution in [3.05, 3.63) is 65.9 Å². The summed E-state index contributed by atoms with van der Waals surface area (Å²) in [6, 6.07) is 19.0. The van der Waals surface area contributed by atoms with Crippen molar-refractivity contribution in [2.45, 2.75) is 65.3 Å². The summed E-state index contributed by atoms with van der Waals surface area (Å²) in [5.74, 6) is 1.77. The maximum Gasteiger partial charge on any atom is 0.130 e. The molecule has 0 N–H and O–H groups in total. The summed E-state index contributed by atoms with van der Waals surface area (Å²) >= 11 is 0. The second-order valence-electron chi connectivity index (χ2n) is 8.72. The number of fused-ring (bicyclic) bond motifs is 1. The van der Waals surface area contributed by atoms with Crippen LogP contribution in [-0.4, -0.2) is 36.7 Å². The van der Waals surface area contributed by atoms with Crippen LogP contribution in [0.2, 0.25) is 0 Å². The second kappa shape index (κ2) is 13.8. The van der Waals surface area contributed by atoms with Crippen LogP contribution >= 0.6 is 0 Å². The minimum Gasteiger partial charge on any atom is -0.496 e. The number of ether oxygens (including phenoxy) is 2. The van der Waals surface area contributed by atoms with Gasteiger partial charge in [0.2, 0.25) is 0 Å². The van der Waals surface area contributed by atoms with Crippen molar-refractivity contribution >= 4 is 10.9 Å². The lowest BCUT2D eigenvalue weighted by Crippen LogP contribution is -2.24. The Morgan fingerprint density at radius 1 is 0.879 bits per heavy atom. The molecule has 0 unspecified atom stereocenters. The summed E-state index contributed by atoms with van der Waals surface area (Å²) in [7, 11) is 1.73. The number of rotatable bonds is 15. The molecule has 0 aliphatic rings. The minimum absolute atomic E-state index is 0.747. The first kappa shape index (κ1) is 25.0. The van der Waals surface area contributed by atoms with E-state index in [1.807, 2.05) is 6.07 Å². The molecular formula is C29H40N2O2. The number of pyridine rings is 1. The van der Waals surface area contributed by atoms with E-state index in [1.165, 1.54) is 31.2 Å². The molecule has 0 fully saturated rings. The van der Waals surface area contributed by atoms with Crippen molar-refractivity contribution in [3.63, 3.8) is 0 Å². The molecule has 3 aromatic rings. The van der Waals surface area contributed by atoms with Gasteiger partial charge in [-0.05, 0) is 62.5 Å². The van der Waals surface area contributed by atoms with Gasteiger partial charge in [0.15, 0.2) is 0 Å². The SMILES string of the molecule is CCCCc1cc(OC)c2cc(OCCCCCCN(CC)Cc3ccccc3)ccc2n1. The predicted octanol–water partition coefficient (Wildman–Crippen LogP) is 7.05. The van der Waals surface area contributed by atoms with Crippen LogP contribution in [-0.2, 0) is 13.0 Å². The van der Waals surface area contributed by atoms with Crippen LogP contribution in [0.15, 0.2) is 54.6 Å². The fourth-order valence-electron chi connectivity index (χ4n) is 4.14. The number of hydrogen-bond donors (Lipinski definition) is 0. The highest BCUT2D eigenvalue weighted by Crippen LogP contribution is 2.29. The van der Waals surface area contributed by atoms with E-state index in [4.69, 9.17) is 14.5 Å². The molecule has 0 spiro atoms. The maximum absolute atomic E-state index is 6.04. The first-order valence-corrected chi connectivity index (χ1v) is 12.6. The molecule has 0 aliphatic carbocycles. The van der Waals surface area contributed by atoms with Gasteiger partial charge < -0.3 is 9.47 Å². The third kappa shape index (κ3) is 8.04. The summed E-state index contributed by atoms with van der Waals surface area (Å²) in [4.78, 5) is 7.32. The van der Waals surface area contributed by atoms with Crippen LogP contribution < -0.4 is 9.47 Å². The van der Waals surface area contributed by atoms with Crippen molar-refractivity contribution in [1.82, 2.24) is 9.88 Å². The maximum atomic E-state index is 6.04. The molecule has 0 aliphatic heterocycles. The van der Waals surface area contributed by atoms with Gasteiger partial charge in [0.1, 0.15) is 11.5 Å². The average molecular weight is 449 g/mol. The zero-order chi connectivity index (χ0) is 23.3. The fraction of sp³-hybridized carbons (Fsp3) is 0.483. The monoisotopic (exact) mass is 448 g/mol. The lowest BCUT2D eigenvalue weighted by Gasteiger charge is -2.20. The normalized spacial score (nSPS) is 11.3. The lowest BCUT2D eigenvalue weighted by molar-refractivity contribution is 0.267. The second-order valence-corrected chi connectivity index (χ2v) is 8.72. The topological polar surface area (TPSA) is 34.6 Å². The molecule has 1 heterocycles. The van der Waals surface area contributed by atoms with Crippen molar-refractivity contribution < 1.29 is 9.47 Å². The van der Waals surface area contributed by atoms with E-state index in [-0.39, 0.29) is 0 Å². The molecule has 0 radical (unpaired) electrons. The van der Waals surface area contributed by atoms with Crippen LogP contribution in [0, 0.1) is 0 Å². The van der Waals surface area contributed by atoms with Gasteiger partial charge in [0.05, 0.1) is 19.2 Å². The molecule has 4 nitrogen and oxygen atoms in total. The Hall–Kier alpha value is -2.59. The molecule has 4 heteroatoms. The van der Waals surface area contributed by atoms with E-state index in [1.54, 1.807) is 7.11 Å². The summed E-state index contributed by atoms with van der Waals surface area (Å²) in [6.07, 6.45) is 8.05. The largest absolute Gasteiger partial charge is 0.496 e. The van der Waals surface area contributed by atoms with Crippen LogP contribution in [0.1, 0.15) is 63.6 Å². The summed E-state index contributed by atoms with van der Waals surface area (Å²) < 4.78 is 11.7. The summed E-state index contributed by atoms with van der Waals surface area (Å²) in [5, 5.41) is 1.02. The number of hydrogen-bond acceptors (Lipinski definition) is 4. The number of aromatic nitrogens is 1. The molecule has 2 aromatic carbocycles. The Labute approximate surface area is 199 Å². The van der Waals surface area contributed by atoms with Crippen LogP contribution in [0.25, 0.3) is 10.9 Å². The summed E-state index contributed by atoms with van der Waals surface area (Å²) in [5.41, 5.74) is 3.47. The van der Waals surface area contributed by atoms with Gasteiger partial charge in [0, 0.05) is 23.7 Å². The Morgan fingerprint density at radius 2 is 1.70 bits per heavy atom. The van der Waals surface area contributed by atoms with Crippen molar-refractivity contribution in [2.75, 3.05) is 26.8 Å². The van der Waals surface area contributed by atoms with Gasteiger partial charge in [-0.15, -0.1) is 0 Å². The molecule has 0 bridgehead atoms. The minimum atomic E-state index is 0.747. The van der Waals surface area contributed by atoms with E-state index >= 15 is 0 Å². The van der Waals surface area contributed by atoms with E-state index in [0.29, 0.717) is 0 Å². The number of nitrogens with zero attached hydrogens (tertiary/aromatic N) is 2. The zero-order valence-corrected chi connectivity index (χ0v) is 20.7.